The predicted octanol–water partition coefficient (Wildman–Crippen LogP) is 3.08. The maximum atomic E-state index is 5.51. The molecule has 0 radical (unpaired) electrons. The van der Waals surface area contributed by atoms with Crippen molar-refractivity contribution in [2.75, 3.05) is 34.9 Å². The highest BCUT2D eigenvalue weighted by Gasteiger charge is 2.15. The molecule has 144 valence electrons. The zero-order valence-corrected chi connectivity index (χ0v) is 18.6. The van der Waals surface area contributed by atoms with Gasteiger partial charge in [0.2, 0.25) is 5.75 Å². The lowest BCUT2D eigenvalue weighted by Gasteiger charge is -2.21. The fraction of sp³-hybridized carbons (Fsp3) is 0.611. The highest BCUT2D eigenvalue weighted by atomic mass is 127. The van der Waals surface area contributed by atoms with E-state index in [1.165, 1.54) is 0 Å². The number of hydrogen-bond acceptors (Lipinski definition) is 4. The van der Waals surface area contributed by atoms with E-state index in [2.05, 4.69) is 36.4 Å². The van der Waals surface area contributed by atoms with Crippen molar-refractivity contribution < 1.29 is 14.2 Å². The highest BCUT2D eigenvalue weighted by Crippen LogP contribution is 2.39. The lowest BCUT2D eigenvalue weighted by Crippen LogP contribution is -2.44. The number of nitrogens with one attached hydrogen (secondary N) is 2. The number of hydrogen-bond donors (Lipinski definition) is 2. The van der Waals surface area contributed by atoms with Crippen molar-refractivity contribution in [2.24, 2.45) is 10.9 Å². The van der Waals surface area contributed by atoms with Crippen LogP contribution in [0.4, 0.5) is 0 Å². The summed E-state index contributed by atoms with van der Waals surface area (Å²) in [5, 5.41) is 6.72. The van der Waals surface area contributed by atoms with Crippen molar-refractivity contribution in [3.63, 3.8) is 0 Å². The van der Waals surface area contributed by atoms with E-state index in [1.54, 1.807) is 28.4 Å². The SMILES string of the molecule is CN=C(NCCc1ccc(OC)c(OC)c1OC)NC(C)C(C)C.I. The van der Waals surface area contributed by atoms with E-state index >= 15 is 0 Å². The minimum Gasteiger partial charge on any atom is -0.493 e. The monoisotopic (exact) mass is 465 g/mol. The molecule has 1 rings (SSSR count). The molecule has 6 nitrogen and oxygen atoms in total. The third-order valence-corrected chi connectivity index (χ3v) is 4.06. The summed E-state index contributed by atoms with van der Waals surface area (Å²) in [4.78, 5) is 4.26. The van der Waals surface area contributed by atoms with Gasteiger partial charge in [0.25, 0.3) is 0 Å². The Kier molecular flexibility index (Phi) is 11.4. The van der Waals surface area contributed by atoms with E-state index in [9.17, 15) is 0 Å². The molecule has 1 atom stereocenters. The van der Waals surface area contributed by atoms with Gasteiger partial charge in [0, 0.05) is 25.2 Å². The molecule has 25 heavy (non-hydrogen) atoms. The molecule has 0 spiro atoms. The molecule has 1 unspecified atom stereocenters. The Hall–Kier alpha value is -1.38. The molecular weight excluding hydrogens is 433 g/mol. The van der Waals surface area contributed by atoms with Gasteiger partial charge in [0.15, 0.2) is 17.5 Å². The molecule has 0 aliphatic heterocycles. The number of halogens is 1. The second-order valence-electron chi connectivity index (χ2n) is 5.92. The summed E-state index contributed by atoms with van der Waals surface area (Å²) in [6.07, 6.45) is 0.778. The summed E-state index contributed by atoms with van der Waals surface area (Å²) in [6, 6.07) is 4.24. The average molecular weight is 465 g/mol. The molecule has 0 aliphatic rings. The molecule has 1 aromatic rings. The van der Waals surface area contributed by atoms with Crippen LogP contribution in [0.25, 0.3) is 0 Å². The van der Waals surface area contributed by atoms with Gasteiger partial charge in [-0.1, -0.05) is 19.9 Å². The first-order chi connectivity index (χ1) is 11.5. The molecule has 0 heterocycles. The van der Waals surface area contributed by atoms with Gasteiger partial charge in [0.1, 0.15) is 0 Å². The first-order valence-corrected chi connectivity index (χ1v) is 8.23. The topological polar surface area (TPSA) is 64.1 Å². The Morgan fingerprint density at radius 2 is 1.68 bits per heavy atom. The molecule has 0 aliphatic carbocycles. The Morgan fingerprint density at radius 3 is 2.16 bits per heavy atom. The van der Waals surface area contributed by atoms with Crippen LogP contribution in [0, 0.1) is 5.92 Å². The Balaban J connectivity index is 0.00000576. The Bertz CT molecular complexity index is 551. The van der Waals surface area contributed by atoms with Crippen molar-refractivity contribution in [3.05, 3.63) is 17.7 Å². The van der Waals surface area contributed by atoms with E-state index in [0.29, 0.717) is 29.2 Å². The molecule has 7 heteroatoms. The number of ether oxygens (including phenoxy) is 3. The molecule has 0 fully saturated rings. The lowest BCUT2D eigenvalue weighted by molar-refractivity contribution is 0.322. The third kappa shape index (κ3) is 6.80. The summed E-state index contributed by atoms with van der Waals surface area (Å²) >= 11 is 0. The third-order valence-electron chi connectivity index (χ3n) is 4.06. The van der Waals surface area contributed by atoms with Crippen molar-refractivity contribution in [3.8, 4) is 17.2 Å². The van der Waals surface area contributed by atoms with Crippen LogP contribution in [-0.4, -0.2) is 46.9 Å². The van der Waals surface area contributed by atoms with E-state index in [4.69, 9.17) is 14.2 Å². The fourth-order valence-electron chi connectivity index (χ4n) is 2.25. The summed E-state index contributed by atoms with van der Waals surface area (Å²) < 4.78 is 16.2. The van der Waals surface area contributed by atoms with Crippen LogP contribution in [0.15, 0.2) is 17.1 Å². The van der Waals surface area contributed by atoms with Gasteiger partial charge in [-0.25, -0.2) is 0 Å². The zero-order chi connectivity index (χ0) is 18.1. The van der Waals surface area contributed by atoms with E-state index < -0.39 is 0 Å². The number of aliphatic imine (C=N–C) groups is 1. The maximum Gasteiger partial charge on any atom is 0.203 e. The predicted molar refractivity (Wildman–Crippen MR) is 114 cm³/mol. The standard InChI is InChI=1S/C18H31N3O3.HI/c1-12(2)13(3)21-18(19-4)20-11-10-14-8-9-15(22-5)17(24-7)16(14)23-6;/h8-9,12-13H,10-11H2,1-7H3,(H2,19,20,21);1H. The largest absolute Gasteiger partial charge is 0.493 e. The number of guanidine groups is 1. The number of methoxy groups -OCH3 is 3. The minimum absolute atomic E-state index is 0. The molecule has 2 N–H and O–H groups in total. The van der Waals surface area contributed by atoms with E-state index in [0.717, 1.165) is 24.5 Å². The summed E-state index contributed by atoms with van der Waals surface area (Å²) in [5.74, 6) is 3.32. The molecule has 0 aromatic heterocycles. The lowest BCUT2D eigenvalue weighted by atomic mass is 10.1. The highest BCUT2D eigenvalue weighted by molar-refractivity contribution is 14.0. The van der Waals surface area contributed by atoms with Crippen molar-refractivity contribution in [2.45, 2.75) is 33.2 Å². The van der Waals surface area contributed by atoms with Gasteiger partial charge in [-0.15, -0.1) is 24.0 Å². The van der Waals surface area contributed by atoms with Gasteiger partial charge in [-0.05, 0) is 25.3 Å². The van der Waals surface area contributed by atoms with E-state index in [1.807, 2.05) is 12.1 Å². The van der Waals surface area contributed by atoms with Crippen LogP contribution in [0.5, 0.6) is 17.2 Å². The molecule has 0 bridgehead atoms. The number of rotatable bonds is 8. The number of nitrogens with zero attached hydrogens (tertiary/aromatic N) is 1. The van der Waals surface area contributed by atoms with Gasteiger partial charge < -0.3 is 24.8 Å². The summed E-state index contributed by atoms with van der Waals surface area (Å²) in [7, 11) is 6.64. The van der Waals surface area contributed by atoms with Crippen molar-refractivity contribution >= 4 is 29.9 Å². The van der Waals surface area contributed by atoms with Crippen LogP contribution in [0.3, 0.4) is 0 Å². The normalized spacial score (nSPS) is 12.2. The van der Waals surface area contributed by atoms with Crippen molar-refractivity contribution in [1.29, 1.82) is 0 Å². The number of benzene rings is 1. The molecule has 0 amide bonds. The van der Waals surface area contributed by atoms with Crippen LogP contribution in [0.1, 0.15) is 26.3 Å². The first-order valence-electron chi connectivity index (χ1n) is 8.23. The van der Waals surface area contributed by atoms with Crippen LogP contribution < -0.4 is 24.8 Å². The van der Waals surface area contributed by atoms with Crippen LogP contribution in [-0.2, 0) is 6.42 Å². The Labute approximate surface area is 168 Å². The van der Waals surface area contributed by atoms with Gasteiger partial charge >= 0.3 is 0 Å². The Morgan fingerprint density at radius 1 is 1.04 bits per heavy atom. The average Bonchev–Trinajstić information content (AvgIpc) is 2.59. The minimum atomic E-state index is 0. The van der Waals surface area contributed by atoms with Crippen LogP contribution >= 0.6 is 24.0 Å². The maximum absolute atomic E-state index is 5.51. The first kappa shape index (κ1) is 23.6. The second-order valence-corrected chi connectivity index (χ2v) is 5.92. The summed E-state index contributed by atoms with van der Waals surface area (Å²) in [5.41, 5.74) is 1.05. The fourth-order valence-corrected chi connectivity index (χ4v) is 2.25. The van der Waals surface area contributed by atoms with E-state index in [-0.39, 0.29) is 24.0 Å². The molecular formula is C18H32IN3O3. The molecule has 0 saturated heterocycles. The van der Waals surface area contributed by atoms with Crippen LogP contribution in [0.2, 0.25) is 0 Å². The zero-order valence-electron chi connectivity index (χ0n) is 16.3. The summed E-state index contributed by atoms with van der Waals surface area (Å²) in [6.45, 7) is 7.24. The smallest absolute Gasteiger partial charge is 0.203 e. The molecule has 1 aromatic carbocycles. The van der Waals surface area contributed by atoms with Crippen molar-refractivity contribution in [1.82, 2.24) is 10.6 Å². The molecule has 0 saturated carbocycles. The van der Waals surface area contributed by atoms with Gasteiger partial charge in [0.05, 0.1) is 21.3 Å². The quantitative estimate of drug-likeness (QED) is 0.351. The van der Waals surface area contributed by atoms with Gasteiger partial charge in [-0.3, -0.25) is 4.99 Å². The van der Waals surface area contributed by atoms with Gasteiger partial charge in [-0.2, -0.15) is 0 Å². The second kappa shape index (κ2) is 12.1.